The standard InChI is InChI=1S/C15H17N3O3/c1-11-9-12(18(20)21)5-6-13(11)14(19)17-15(10-16)7-3-2-4-8-15/h5-6,9H,2-4,7-8H2,1H3,(H,17,19). The van der Waals surface area contributed by atoms with E-state index >= 15 is 0 Å². The van der Waals surface area contributed by atoms with E-state index in [-0.39, 0.29) is 11.6 Å². The molecule has 1 N–H and O–H groups in total. The third kappa shape index (κ3) is 3.19. The molecular formula is C15H17N3O3. The van der Waals surface area contributed by atoms with Crippen LogP contribution in [0.5, 0.6) is 0 Å². The molecule has 0 atom stereocenters. The van der Waals surface area contributed by atoms with Crippen LogP contribution in [0.1, 0.15) is 48.0 Å². The minimum Gasteiger partial charge on any atom is -0.334 e. The van der Waals surface area contributed by atoms with E-state index in [2.05, 4.69) is 11.4 Å². The monoisotopic (exact) mass is 287 g/mol. The molecule has 1 saturated carbocycles. The fraction of sp³-hybridized carbons (Fsp3) is 0.467. The van der Waals surface area contributed by atoms with Crippen molar-refractivity contribution in [1.82, 2.24) is 5.32 Å². The van der Waals surface area contributed by atoms with E-state index in [9.17, 15) is 20.2 Å². The van der Waals surface area contributed by atoms with Gasteiger partial charge in [-0.15, -0.1) is 0 Å². The topological polar surface area (TPSA) is 96.0 Å². The summed E-state index contributed by atoms with van der Waals surface area (Å²) in [5, 5.41) is 22.9. The molecule has 6 nitrogen and oxygen atoms in total. The van der Waals surface area contributed by atoms with Gasteiger partial charge >= 0.3 is 0 Å². The Hall–Kier alpha value is -2.42. The quantitative estimate of drug-likeness (QED) is 0.682. The van der Waals surface area contributed by atoms with Gasteiger partial charge < -0.3 is 5.32 Å². The highest BCUT2D eigenvalue weighted by Gasteiger charge is 2.34. The predicted molar refractivity (Wildman–Crippen MR) is 76.7 cm³/mol. The van der Waals surface area contributed by atoms with Crippen molar-refractivity contribution < 1.29 is 9.72 Å². The summed E-state index contributed by atoms with van der Waals surface area (Å²) in [4.78, 5) is 22.6. The molecule has 1 amide bonds. The molecule has 0 spiro atoms. The molecule has 1 aliphatic carbocycles. The number of non-ortho nitro benzene ring substituents is 1. The van der Waals surface area contributed by atoms with E-state index < -0.39 is 10.5 Å². The summed E-state index contributed by atoms with van der Waals surface area (Å²) in [5.41, 5.74) is 0.0620. The van der Waals surface area contributed by atoms with Crippen LogP contribution in [0.4, 0.5) is 5.69 Å². The first kappa shape index (κ1) is 15.0. The molecule has 0 aromatic heterocycles. The molecular weight excluding hydrogens is 270 g/mol. The van der Waals surface area contributed by atoms with E-state index in [0.717, 1.165) is 19.3 Å². The first-order valence-electron chi connectivity index (χ1n) is 6.96. The highest BCUT2D eigenvalue weighted by atomic mass is 16.6. The number of nitro groups is 1. The number of nitriles is 1. The van der Waals surface area contributed by atoms with Gasteiger partial charge in [0, 0.05) is 17.7 Å². The lowest BCUT2D eigenvalue weighted by Crippen LogP contribution is -2.48. The molecule has 0 unspecified atom stereocenters. The number of hydrogen-bond donors (Lipinski definition) is 1. The third-order valence-corrected chi connectivity index (χ3v) is 3.94. The minimum atomic E-state index is -0.802. The molecule has 0 aliphatic heterocycles. The Kier molecular flexibility index (Phi) is 4.22. The van der Waals surface area contributed by atoms with E-state index in [1.165, 1.54) is 18.2 Å². The second-order valence-electron chi connectivity index (χ2n) is 5.47. The minimum absolute atomic E-state index is 0.0447. The van der Waals surface area contributed by atoms with Gasteiger partial charge in [0.2, 0.25) is 0 Å². The zero-order valence-corrected chi connectivity index (χ0v) is 11.9. The Morgan fingerprint density at radius 3 is 2.57 bits per heavy atom. The van der Waals surface area contributed by atoms with Crippen molar-refractivity contribution in [2.75, 3.05) is 0 Å². The summed E-state index contributed by atoms with van der Waals surface area (Å²) in [7, 11) is 0. The number of carbonyl (C=O) groups excluding carboxylic acids is 1. The van der Waals surface area contributed by atoms with Gasteiger partial charge in [0.25, 0.3) is 11.6 Å². The summed E-state index contributed by atoms with van der Waals surface area (Å²) in [6.45, 7) is 1.65. The maximum Gasteiger partial charge on any atom is 0.269 e. The lowest BCUT2D eigenvalue weighted by molar-refractivity contribution is -0.384. The predicted octanol–water partition coefficient (Wildman–Crippen LogP) is 2.86. The number of nitro benzene ring substituents is 1. The molecule has 1 aliphatic rings. The van der Waals surface area contributed by atoms with Crippen molar-refractivity contribution in [1.29, 1.82) is 5.26 Å². The SMILES string of the molecule is Cc1cc([N+](=O)[O-])ccc1C(=O)NC1(C#N)CCCCC1. The average molecular weight is 287 g/mol. The maximum atomic E-state index is 12.3. The van der Waals surface area contributed by atoms with Crippen LogP contribution in [0.15, 0.2) is 18.2 Å². The van der Waals surface area contributed by atoms with Crippen LogP contribution in [-0.4, -0.2) is 16.4 Å². The van der Waals surface area contributed by atoms with Crippen LogP contribution in [-0.2, 0) is 0 Å². The number of hydrogen-bond acceptors (Lipinski definition) is 4. The van der Waals surface area contributed by atoms with Crippen molar-refractivity contribution in [3.63, 3.8) is 0 Å². The molecule has 1 aromatic rings. The van der Waals surface area contributed by atoms with Crippen molar-refractivity contribution in [3.05, 3.63) is 39.4 Å². The molecule has 110 valence electrons. The van der Waals surface area contributed by atoms with Gasteiger partial charge in [0.1, 0.15) is 5.54 Å². The van der Waals surface area contributed by atoms with Crippen molar-refractivity contribution in [2.45, 2.75) is 44.6 Å². The maximum absolute atomic E-state index is 12.3. The van der Waals surface area contributed by atoms with E-state index in [4.69, 9.17) is 0 Å². The molecule has 0 bridgehead atoms. The van der Waals surface area contributed by atoms with Crippen LogP contribution in [0.2, 0.25) is 0 Å². The van der Waals surface area contributed by atoms with Gasteiger partial charge in [0.05, 0.1) is 11.0 Å². The number of nitrogens with zero attached hydrogens (tertiary/aromatic N) is 2. The fourth-order valence-electron chi connectivity index (χ4n) is 2.72. The highest BCUT2D eigenvalue weighted by Crippen LogP contribution is 2.28. The number of rotatable bonds is 3. The highest BCUT2D eigenvalue weighted by molar-refractivity contribution is 5.96. The summed E-state index contributed by atoms with van der Waals surface area (Å²) in [6.07, 6.45) is 4.23. The Morgan fingerprint density at radius 2 is 2.05 bits per heavy atom. The van der Waals surface area contributed by atoms with Crippen LogP contribution in [0, 0.1) is 28.4 Å². The molecule has 0 saturated heterocycles. The summed E-state index contributed by atoms with van der Waals surface area (Å²) >= 11 is 0. The smallest absolute Gasteiger partial charge is 0.269 e. The number of aryl methyl sites for hydroxylation is 1. The van der Waals surface area contributed by atoms with Gasteiger partial charge in [-0.1, -0.05) is 19.3 Å². The van der Waals surface area contributed by atoms with Crippen LogP contribution < -0.4 is 5.32 Å². The normalized spacial score (nSPS) is 16.8. The lowest BCUT2D eigenvalue weighted by Gasteiger charge is -2.31. The average Bonchev–Trinajstić information content (AvgIpc) is 2.47. The Balaban J connectivity index is 2.20. The summed E-state index contributed by atoms with van der Waals surface area (Å²) < 4.78 is 0. The second kappa shape index (κ2) is 5.92. The number of nitrogens with one attached hydrogen (secondary N) is 1. The number of benzene rings is 1. The zero-order valence-electron chi connectivity index (χ0n) is 11.9. The Labute approximate surface area is 122 Å². The Bertz CT molecular complexity index is 613. The lowest BCUT2D eigenvalue weighted by atomic mass is 9.82. The van der Waals surface area contributed by atoms with Gasteiger partial charge in [-0.05, 0) is 31.4 Å². The van der Waals surface area contributed by atoms with E-state index in [1.54, 1.807) is 6.92 Å². The molecule has 0 radical (unpaired) electrons. The van der Waals surface area contributed by atoms with E-state index in [1.807, 2.05) is 0 Å². The van der Waals surface area contributed by atoms with Gasteiger partial charge in [-0.25, -0.2) is 0 Å². The molecule has 21 heavy (non-hydrogen) atoms. The summed E-state index contributed by atoms with van der Waals surface area (Å²) in [6, 6.07) is 6.35. The Morgan fingerprint density at radius 1 is 1.38 bits per heavy atom. The third-order valence-electron chi connectivity index (χ3n) is 3.94. The first-order valence-corrected chi connectivity index (χ1v) is 6.96. The molecule has 2 rings (SSSR count). The fourth-order valence-corrected chi connectivity index (χ4v) is 2.72. The number of amides is 1. The van der Waals surface area contributed by atoms with Gasteiger partial charge in [-0.3, -0.25) is 14.9 Å². The zero-order chi connectivity index (χ0) is 15.5. The van der Waals surface area contributed by atoms with Crippen molar-refractivity contribution >= 4 is 11.6 Å². The number of carbonyl (C=O) groups is 1. The van der Waals surface area contributed by atoms with Gasteiger partial charge in [0.15, 0.2) is 0 Å². The van der Waals surface area contributed by atoms with Gasteiger partial charge in [-0.2, -0.15) is 5.26 Å². The molecule has 0 heterocycles. The van der Waals surface area contributed by atoms with Crippen LogP contribution >= 0.6 is 0 Å². The van der Waals surface area contributed by atoms with E-state index in [0.29, 0.717) is 24.0 Å². The largest absolute Gasteiger partial charge is 0.334 e. The molecule has 1 fully saturated rings. The van der Waals surface area contributed by atoms with Crippen molar-refractivity contribution in [3.8, 4) is 6.07 Å². The van der Waals surface area contributed by atoms with Crippen molar-refractivity contribution in [2.24, 2.45) is 0 Å². The first-order chi connectivity index (χ1) is 9.97. The second-order valence-corrected chi connectivity index (χ2v) is 5.47. The summed E-state index contributed by atoms with van der Waals surface area (Å²) in [5.74, 6) is -0.342. The molecule has 1 aromatic carbocycles. The van der Waals surface area contributed by atoms with Crippen LogP contribution in [0.3, 0.4) is 0 Å². The van der Waals surface area contributed by atoms with Crippen LogP contribution in [0.25, 0.3) is 0 Å². The molecule has 6 heteroatoms.